The number of benzene rings is 1. The minimum atomic E-state index is -0.0257. The fraction of sp³-hybridized carbons (Fsp3) is 0.0588. The highest BCUT2D eigenvalue weighted by atomic mass is 16.1. The normalized spacial score (nSPS) is 19.4. The van der Waals surface area contributed by atoms with Gasteiger partial charge in [0.15, 0.2) is 0 Å². The lowest BCUT2D eigenvalue weighted by molar-refractivity contribution is 0.0997. The number of nitrogens with zero attached hydrogens (tertiary/aromatic N) is 1. The molecule has 0 radical (unpaired) electrons. The van der Waals surface area contributed by atoms with E-state index in [1.807, 2.05) is 59.8 Å². The molecule has 0 bridgehead atoms. The Hall–Kier alpha value is -2.77. The fourth-order valence-corrected chi connectivity index (χ4v) is 2.34. The third kappa shape index (κ3) is 2.11. The molecule has 0 fully saturated rings. The molecule has 0 aromatic heterocycles. The summed E-state index contributed by atoms with van der Waals surface area (Å²) in [5.74, 6) is 0.00649. The first-order valence-electron chi connectivity index (χ1n) is 6.40. The molecule has 98 valence electrons. The number of Topliss-reactive ketones (excluding diaryl/α,β-unsaturated/α-hetero) is 1. The summed E-state index contributed by atoms with van der Waals surface area (Å²) in [5, 5.41) is 3.19. The molecule has 3 nitrogen and oxygen atoms in total. The number of rotatable bonds is 3. The number of carbonyl (C=O) groups excluding carboxylic acids is 1. The third-order valence-corrected chi connectivity index (χ3v) is 3.27. The molecule has 1 unspecified atom stereocenters. The first-order chi connectivity index (χ1) is 9.79. The maximum atomic E-state index is 12.6. The lowest BCUT2D eigenvalue weighted by atomic mass is 10.0. The summed E-state index contributed by atoms with van der Waals surface area (Å²) in [6.45, 7) is 3.58. The molecule has 20 heavy (non-hydrogen) atoms. The Morgan fingerprint density at radius 1 is 1.35 bits per heavy atom. The van der Waals surface area contributed by atoms with Gasteiger partial charge in [0.1, 0.15) is 6.17 Å². The van der Waals surface area contributed by atoms with E-state index in [2.05, 4.69) is 17.6 Å². The SMILES string of the molecule is C=C=CC1=CC2NC=CN2C(C(=O)c2ccccc2)=C1. The van der Waals surface area contributed by atoms with Gasteiger partial charge >= 0.3 is 0 Å². The summed E-state index contributed by atoms with van der Waals surface area (Å²) >= 11 is 0. The van der Waals surface area contributed by atoms with E-state index in [9.17, 15) is 4.79 Å². The summed E-state index contributed by atoms with van der Waals surface area (Å²) < 4.78 is 0. The van der Waals surface area contributed by atoms with Crippen molar-refractivity contribution in [2.24, 2.45) is 0 Å². The summed E-state index contributed by atoms with van der Waals surface area (Å²) in [7, 11) is 0. The van der Waals surface area contributed by atoms with Crippen LogP contribution in [0, 0.1) is 0 Å². The van der Waals surface area contributed by atoms with E-state index < -0.39 is 0 Å². The van der Waals surface area contributed by atoms with Crippen LogP contribution in [0.5, 0.6) is 0 Å². The number of fused-ring (bicyclic) bond motifs is 1. The Morgan fingerprint density at radius 3 is 2.90 bits per heavy atom. The molecule has 1 atom stereocenters. The second-order valence-corrected chi connectivity index (χ2v) is 4.57. The van der Waals surface area contributed by atoms with Crippen LogP contribution in [0.3, 0.4) is 0 Å². The van der Waals surface area contributed by atoms with Crippen molar-refractivity contribution in [3.63, 3.8) is 0 Å². The molecule has 2 heterocycles. The second-order valence-electron chi connectivity index (χ2n) is 4.57. The highest BCUT2D eigenvalue weighted by molar-refractivity contribution is 6.09. The van der Waals surface area contributed by atoms with Crippen molar-refractivity contribution in [1.82, 2.24) is 10.2 Å². The van der Waals surface area contributed by atoms with Gasteiger partial charge in [-0.25, -0.2) is 0 Å². The van der Waals surface area contributed by atoms with Crippen molar-refractivity contribution in [1.29, 1.82) is 0 Å². The molecule has 1 N–H and O–H groups in total. The summed E-state index contributed by atoms with van der Waals surface area (Å²) in [6, 6.07) is 9.29. The van der Waals surface area contributed by atoms with Gasteiger partial charge in [0.05, 0.1) is 5.70 Å². The molecule has 0 saturated heterocycles. The molecule has 2 aliphatic rings. The fourth-order valence-electron chi connectivity index (χ4n) is 2.34. The van der Waals surface area contributed by atoms with Gasteiger partial charge in [-0.3, -0.25) is 4.79 Å². The smallest absolute Gasteiger partial charge is 0.209 e. The largest absolute Gasteiger partial charge is 0.366 e. The molecule has 1 aromatic rings. The molecule has 1 aromatic carbocycles. The van der Waals surface area contributed by atoms with Gasteiger partial charge in [0.25, 0.3) is 0 Å². The minimum absolute atomic E-state index is 0.00649. The molecule has 0 amide bonds. The van der Waals surface area contributed by atoms with Gasteiger partial charge in [-0.2, -0.15) is 0 Å². The highest BCUT2D eigenvalue weighted by Gasteiger charge is 2.28. The van der Waals surface area contributed by atoms with E-state index in [1.54, 1.807) is 6.08 Å². The Morgan fingerprint density at radius 2 is 2.15 bits per heavy atom. The molecule has 3 rings (SSSR count). The molecule has 0 spiro atoms. The van der Waals surface area contributed by atoms with Crippen LogP contribution in [0.15, 0.2) is 84.5 Å². The van der Waals surface area contributed by atoms with E-state index >= 15 is 0 Å². The number of allylic oxidation sites excluding steroid dienone is 4. The van der Waals surface area contributed by atoms with Crippen molar-refractivity contribution < 1.29 is 4.79 Å². The van der Waals surface area contributed by atoms with Gasteiger partial charge < -0.3 is 10.2 Å². The zero-order chi connectivity index (χ0) is 13.9. The average Bonchev–Trinajstić information content (AvgIpc) is 2.95. The van der Waals surface area contributed by atoms with Crippen LogP contribution < -0.4 is 5.32 Å². The van der Waals surface area contributed by atoms with E-state index in [1.165, 1.54) is 0 Å². The first-order valence-corrected chi connectivity index (χ1v) is 6.40. The van der Waals surface area contributed by atoms with Gasteiger partial charge in [-0.1, -0.05) is 36.9 Å². The molecular weight excluding hydrogens is 248 g/mol. The Kier molecular flexibility index (Phi) is 3.12. The molecule has 3 heteroatoms. The van der Waals surface area contributed by atoms with Crippen LogP contribution in [-0.2, 0) is 0 Å². The second kappa shape index (κ2) is 5.08. The van der Waals surface area contributed by atoms with E-state index in [0.29, 0.717) is 11.3 Å². The molecular formula is C17H14N2O. The van der Waals surface area contributed by atoms with Gasteiger partial charge in [0.2, 0.25) is 5.78 Å². The number of ketones is 1. The van der Waals surface area contributed by atoms with Crippen molar-refractivity contribution in [2.75, 3.05) is 0 Å². The predicted molar refractivity (Wildman–Crippen MR) is 78.6 cm³/mol. The van der Waals surface area contributed by atoms with Gasteiger partial charge in [-0.05, 0) is 23.8 Å². The van der Waals surface area contributed by atoms with Crippen LogP contribution >= 0.6 is 0 Å². The van der Waals surface area contributed by atoms with Crippen molar-refractivity contribution >= 4 is 5.78 Å². The zero-order valence-electron chi connectivity index (χ0n) is 10.9. The number of hydrogen-bond donors (Lipinski definition) is 1. The quantitative estimate of drug-likeness (QED) is 0.671. The first kappa shape index (κ1) is 12.3. The molecule has 0 saturated carbocycles. The highest BCUT2D eigenvalue weighted by Crippen LogP contribution is 2.25. The Labute approximate surface area is 117 Å². The summed E-state index contributed by atoms with van der Waals surface area (Å²) in [5.41, 5.74) is 5.01. The molecule has 2 aliphatic heterocycles. The van der Waals surface area contributed by atoms with E-state index in [0.717, 1.165) is 5.57 Å². The van der Waals surface area contributed by atoms with Crippen molar-refractivity contribution in [3.8, 4) is 0 Å². The van der Waals surface area contributed by atoms with Gasteiger partial charge in [-0.15, -0.1) is 5.73 Å². The number of nitrogens with one attached hydrogen (secondary N) is 1. The van der Waals surface area contributed by atoms with Crippen LogP contribution in [0.1, 0.15) is 10.4 Å². The number of carbonyl (C=O) groups is 1. The summed E-state index contributed by atoms with van der Waals surface area (Å²) in [4.78, 5) is 14.6. The van der Waals surface area contributed by atoms with Crippen LogP contribution in [0.25, 0.3) is 0 Å². The monoisotopic (exact) mass is 262 g/mol. The number of hydrogen-bond acceptors (Lipinski definition) is 3. The van der Waals surface area contributed by atoms with E-state index in [-0.39, 0.29) is 11.9 Å². The standard InChI is InChI=1S/C17H14N2O/c1-2-6-13-11-15(19-10-9-18-16(19)12-13)17(20)14-7-4-3-5-8-14/h3-12,16,18H,1H2. The summed E-state index contributed by atoms with van der Waals surface area (Å²) in [6.07, 6.45) is 9.36. The Bertz CT molecular complexity index is 676. The van der Waals surface area contributed by atoms with Crippen molar-refractivity contribution in [2.45, 2.75) is 6.17 Å². The van der Waals surface area contributed by atoms with Crippen LogP contribution in [0.2, 0.25) is 0 Å². The Balaban J connectivity index is 2.01. The zero-order valence-corrected chi connectivity index (χ0v) is 10.9. The van der Waals surface area contributed by atoms with E-state index in [4.69, 9.17) is 0 Å². The average molecular weight is 262 g/mol. The topological polar surface area (TPSA) is 32.3 Å². The van der Waals surface area contributed by atoms with Crippen LogP contribution in [-0.4, -0.2) is 16.8 Å². The minimum Gasteiger partial charge on any atom is -0.366 e. The maximum absolute atomic E-state index is 12.6. The predicted octanol–water partition coefficient (Wildman–Crippen LogP) is 2.74. The van der Waals surface area contributed by atoms with Gasteiger partial charge in [0, 0.05) is 18.0 Å². The lowest BCUT2D eigenvalue weighted by Crippen LogP contribution is -2.37. The van der Waals surface area contributed by atoms with Crippen molar-refractivity contribution in [3.05, 3.63) is 90.1 Å². The van der Waals surface area contributed by atoms with Crippen LogP contribution in [0.4, 0.5) is 0 Å². The maximum Gasteiger partial charge on any atom is 0.209 e. The molecule has 0 aliphatic carbocycles. The third-order valence-electron chi connectivity index (χ3n) is 3.27. The lowest BCUT2D eigenvalue weighted by Gasteiger charge is -2.28.